The minimum absolute atomic E-state index is 0.984. The molecule has 0 saturated carbocycles. The van der Waals surface area contributed by atoms with Crippen molar-refractivity contribution in [3.05, 3.63) is 6.42 Å². The normalized spacial score (nSPS) is 8.40. The monoisotopic (exact) mass is 199 g/mol. The van der Waals surface area contributed by atoms with Crippen LogP contribution in [0, 0.1) is 6.42 Å². The molecule has 0 aromatic rings. The first-order chi connectivity index (χ1) is 2.41. The van der Waals surface area contributed by atoms with E-state index in [4.69, 9.17) is 0 Å². The van der Waals surface area contributed by atoms with Gasteiger partial charge in [-0.15, -0.1) is 0 Å². The van der Waals surface area contributed by atoms with Crippen molar-refractivity contribution in [3.63, 3.8) is 0 Å². The maximum Gasteiger partial charge on any atom is 0.00708 e. The number of hydrogen-bond donors (Lipinski definition) is 0. The summed E-state index contributed by atoms with van der Waals surface area (Å²) in [7, 11) is 0. The van der Waals surface area contributed by atoms with E-state index >= 15 is 0 Å². The molecule has 0 unspecified atom stereocenters. The van der Waals surface area contributed by atoms with E-state index in [2.05, 4.69) is 38.3 Å². The molecule has 0 saturated heterocycles. The summed E-state index contributed by atoms with van der Waals surface area (Å²) in [6, 6.07) is 0. The Hall–Kier alpha value is 0.960. The lowest BCUT2D eigenvalue weighted by Crippen LogP contribution is -1.71. The Morgan fingerprint density at radius 3 is 1.60 bits per heavy atom. The van der Waals surface area contributed by atoms with E-state index in [0.717, 1.165) is 10.7 Å². The van der Waals surface area contributed by atoms with Crippen LogP contribution >= 0.6 is 31.9 Å². The lowest BCUT2D eigenvalue weighted by molar-refractivity contribution is 1.48. The van der Waals surface area contributed by atoms with Crippen LogP contribution in [0.5, 0.6) is 0 Å². The van der Waals surface area contributed by atoms with Crippen molar-refractivity contribution in [3.8, 4) is 0 Å². The fourth-order valence-corrected chi connectivity index (χ4v) is 1.11. The summed E-state index contributed by atoms with van der Waals surface area (Å²) in [6.07, 6.45) is 2.08. The Labute approximate surface area is 49.2 Å². The molecule has 0 nitrogen and oxygen atoms in total. The standard InChI is InChI=1S/C3H5Br2/c4-2-1-3-5/h1H,2-3H2. The summed E-state index contributed by atoms with van der Waals surface area (Å²) in [5.41, 5.74) is 0. The average molecular weight is 201 g/mol. The molecule has 0 aliphatic heterocycles. The predicted molar refractivity (Wildman–Crippen MR) is 31.9 cm³/mol. The van der Waals surface area contributed by atoms with Crippen LogP contribution in [0.1, 0.15) is 0 Å². The number of halogens is 2. The van der Waals surface area contributed by atoms with Crippen LogP contribution in [-0.4, -0.2) is 10.7 Å². The highest BCUT2D eigenvalue weighted by Gasteiger charge is 1.72. The van der Waals surface area contributed by atoms with Crippen LogP contribution in [0.4, 0.5) is 0 Å². The predicted octanol–water partition coefficient (Wildman–Crippen LogP) is 1.98. The molecule has 0 atom stereocenters. The second kappa shape index (κ2) is 4.96. The zero-order chi connectivity index (χ0) is 4.12. The zero-order valence-corrected chi connectivity index (χ0v) is 5.92. The van der Waals surface area contributed by atoms with Crippen LogP contribution in [0.15, 0.2) is 0 Å². The van der Waals surface area contributed by atoms with Gasteiger partial charge in [-0.2, -0.15) is 0 Å². The second-order valence-corrected chi connectivity index (χ2v) is 1.89. The zero-order valence-electron chi connectivity index (χ0n) is 2.75. The summed E-state index contributed by atoms with van der Waals surface area (Å²) in [5, 5.41) is 1.97. The molecule has 0 rings (SSSR count). The Kier molecular flexibility index (Phi) is 5.91. The minimum Gasteiger partial charge on any atom is -0.0925 e. The highest BCUT2D eigenvalue weighted by Crippen LogP contribution is 1.88. The third-order valence-electron chi connectivity index (χ3n) is 0.218. The van der Waals surface area contributed by atoms with Gasteiger partial charge in [0.05, 0.1) is 0 Å². The summed E-state index contributed by atoms with van der Waals surface area (Å²) in [4.78, 5) is 0. The van der Waals surface area contributed by atoms with Crippen LogP contribution < -0.4 is 0 Å². The third-order valence-corrected chi connectivity index (χ3v) is 1.13. The maximum atomic E-state index is 3.22. The molecule has 0 aromatic carbocycles. The molecule has 0 aromatic heterocycles. The molecule has 0 amide bonds. The van der Waals surface area contributed by atoms with Gasteiger partial charge in [-0.25, -0.2) is 0 Å². The fraction of sp³-hybridized carbons (Fsp3) is 0.667. The van der Waals surface area contributed by atoms with Gasteiger partial charge in [0.1, 0.15) is 0 Å². The van der Waals surface area contributed by atoms with Gasteiger partial charge in [0.15, 0.2) is 0 Å². The van der Waals surface area contributed by atoms with Crippen molar-refractivity contribution in [2.24, 2.45) is 0 Å². The molecule has 2 heteroatoms. The molecule has 0 aliphatic carbocycles. The highest BCUT2D eigenvalue weighted by molar-refractivity contribution is 9.10. The molecule has 5 heavy (non-hydrogen) atoms. The van der Waals surface area contributed by atoms with E-state index in [1.165, 1.54) is 0 Å². The Bertz CT molecular complexity index is 12.4. The average Bonchev–Trinajstić information content (AvgIpc) is 1.41. The van der Waals surface area contributed by atoms with Crippen molar-refractivity contribution in [1.82, 2.24) is 0 Å². The SMILES string of the molecule is BrC[CH]CBr. The van der Waals surface area contributed by atoms with Gasteiger partial charge in [0.2, 0.25) is 0 Å². The first kappa shape index (κ1) is 5.96. The Morgan fingerprint density at radius 1 is 1.20 bits per heavy atom. The summed E-state index contributed by atoms with van der Waals surface area (Å²) < 4.78 is 0. The van der Waals surface area contributed by atoms with Crippen molar-refractivity contribution >= 4 is 31.9 Å². The number of rotatable bonds is 2. The Balaban J connectivity index is 2.19. The largest absolute Gasteiger partial charge is 0.0925 e. The van der Waals surface area contributed by atoms with E-state index < -0.39 is 0 Å². The van der Waals surface area contributed by atoms with Gasteiger partial charge in [0, 0.05) is 10.7 Å². The second-order valence-electron chi connectivity index (χ2n) is 0.597. The molecular weight excluding hydrogens is 196 g/mol. The molecule has 0 heterocycles. The molecule has 0 spiro atoms. The molecule has 0 N–H and O–H groups in total. The van der Waals surface area contributed by atoms with Gasteiger partial charge in [-0.3, -0.25) is 0 Å². The quantitative estimate of drug-likeness (QED) is 0.599. The number of hydrogen-bond acceptors (Lipinski definition) is 0. The van der Waals surface area contributed by atoms with E-state index in [0.29, 0.717) is 0 Å². The maximum absolute atomic E-state index is 3.22. The van der Waals surface area contributed by atoms with Crippen molar-refractivity contribution in [1.29, 1.82) is 0 Å². The molecule has 0 fully saturated rings. The van der Waals surface area contributed by atoms with E-state index in [9.17, 15) is 0 Å². The van der Waals surface area contributed by atoms with Gasteiger partial charge in [-0.05, 0) is 6.42 Å². The van der Waals surface area contributed by atoms with Crippen molar-refractivity contribution in [2.45, 2.75) is 0 Å². The highest BCUT2D eigenvalue weighted by atomic mass is 79.9. The van der Waals surface area contributed by atoms with Crippen molar-refractivity contribution in [2.75, 3.05) is 10.7 Å². The molecular formula is C3H5Br2. The summed E-state index contributed by atoms with van der Waals surface area (Å²) in [6.45, 7) is 0. The summed E-state index contributed by atoms with van der Waals surface area (Å²) >= 11 is 6.45. The fourth-order valence-electron chi connectivity index (χ4n) is 0.0412. The number of alkyl halides is 2. The molecule has 0 aliphatic rings. The smallest absolute Gasteiger partial charge is 0.00708 e. The van der Waals surface area contributed by atoms with Gasteiger partial charge in [0.25, 0.3) is 0 Å². The first-order valence-electron chi connectivity index (χ1n) is 1.35. The Morgan fingerprint density at radius 2 is 1.60 bits per heavy atom. The topological polar surface area (TPSA) is 0 Å². The first-order valence-corrected chi connectivity index (χ1v) is 3.59. The van der Waals surface area contributed by atoms with Gasteiger partial charge < -0.3 is 0 Å². The molecule has 31 valence electrons. The van der Waals surface area contributed by atoms with Crippen LogP contribution in [0.3, 0.4) is 0 Å². The third kappa shape index (κ3) is 4.96. The molecule has 0 bridgehead atoms. The van der Waals surface area contributed by atoms with E-state index in [1.54, 1.807) is 0 Å². The van der Waals surface area contributed by atoms with Crippen LogP contribution in [-0.2, 0) is 0 Å². The van der Waals surface area contributed by atoms with Crippen molar-refractivity contribution < 1.29 is 0 Å². The van der Waals surface area contributed by atoms with Gasteiger partial charge in [-0.1, -0.05) is 31.9 Å². The summed E-state index contributed by atoms with van der Waals surface area (Å²) in [5.74, 6) is 0. The lowest BCUT2D eigenvalue weighted by atomic mass is 10.6. The minimum atomic E-state index is 0.984. The molecule has 1 radical (unpaired) electrons. The van der Waals surface area contributed by atoms with Crippen LogP contribution in [0.2, 0.25) is 0 Å². The van der Waals surface area contributed by atoms with E-state index in [-0.39, 0.29) is 0 Å². The van der Waals surface area contributed by atoms with Crippen LogP contribution in [0.25, 0.3) is 0 Å². The van der Waals surface area contributed by atoms with E-state index in [1.807, 2.05) is 0 Å². The lowest BCUT2D eigenvalue weighted by Gasteiger charge is -1.75. The van der Waals surface area contributed by atoms with Gasteiger partial charge >= 0.3 is 0 Å².